The van der Waals surface area contributed by atoms with Crippen LogP contribution in [-0.4, -0.2) is 33.0 Å². The van der Waals surface area contributed by atoms with Crippen molar-refractivity contribution in [3.63, 3.8) is 0 Å². The van der Waals surface area contributed by atoms with Crippen LogP contribution >= 0.6 is 0 Å². The normalized spacial score (nSPS) is 12.7. The molecular formula is C24H24N2O2. The fourth-order valence-electron chi connectivity index (χ4n) is 3.63. The van der Waals surface area contributed by atoms with Crippen molar-refractivity contribution in [1.29, 1.82) is 0 Å². The zero-order chi connectivity index (χ0) is 19.3. The van der Waals surface area contributed by atoms with Crippen LogP contribution in [0, 0.1) is 0 Å². The van der Waals surface area contributed by atoms with Crippen LogP contribution in [-0.2, 0) is 6.42 Å². The third kappa shape index (κ3) is 3.58. The summed E-state index contributed by atoms with van der Waals surface area (Å²) in [6, 6.07) is 25.0. The van der Waals surface area contributed by atoms with Gasteiger partial charge in [-0.25, -0.2) is 0 Å². The Bertz CT molecular complexity index is 929. The first-order valence-electron chi connectivity index (χ1n) is 9.46. The molecule has 0 saturated heterocycles. The molecule has 0 aromatic heterocycles. The van der Waals surface area contributed by atoms with E-state index in [0.717, 1.165) is 47.1 Å². The molecule has 0 radical (unpaired) electrons. The second-order valence-corrected chi connectivity index (χ2v) is 6.70. The molecule has 142 valence electrons. The minimum atomic E-state index is 0.691. The standard InChI is InChI=1S/C24H24N2O2/c1-27-23-15-18-13-14-25-22(21(18)16-24(23)28-2)17-26(19-9-5-3-6-10-19)20-11-7-4-8-12-20/h3-12,15-16H,13-14,17H2,1-2H3. The molecule has 0 fully saturated rings. The SMILES string of the molecule is COc1cc2c(cc1OC)C(CN(c1ccccc1)c1ccccc1)=NCC2. The maximum absolute atomic E-state index is 5.53. The van der Waals surface area contributed by atoms with Crippen LogP contribution in [0.5, 0.6) is 11.5 Å². The van der Waals surface area contributed by atoms with Gasteiger partial charge in [-0.3, -0.25) is 4.99 Å². The Morgan fingerprint density at radius 1 is 0.821 bits per heavy atom. The number of fused-ring (bicyclic) bond motifs is 1. The molecule has 1 aliphatic heterocycles. The molecule has 0 amide bonds. The Kier molecular flexibility index (Phi) is 5.29. The van der Waals surface area contributed by atoms with Crippen LogP contribution < -0.4 is 14.4 Å². The van der Waals surface area contributed by atoms with E-state index in [0.29, 0.717) is 6.54 Å². The second kappa shape index (κ2) is 8.17. The third-order valence-electron chi connectivity index (χ3n) is 5.05. The summed E-state index contributed by atoms with van der Waals surface area (Å²) in [5.74, 6) is 1.51. The van der Waals surface area contributed by atoms with Gasteiger partial charge in [0.25, 0.3) is 0 Å². The van der Waals surface area contributed by atoms with Gasteiger partial charge in [0.1, 0.15) is 0 Å². The smallest absolute Gasteiger partial charge is 0.161 e. The van der Waals surface area contributed by atoms with Crippen LogP contribution in [0.15, 0.2) is 77.8 Å². The maximum Gasteiger partial charge on any atom is 0.161 e. The molecule has 0 aliphatic carbocycles. The average molecular weight is 372 g/mol. The zero-order valence-electron chi connectivity index (χ0n) is 16.3. The fourth-order valence-corrected chi connectivity index (χ4v) is 3.63. The van der Waals surface area contributed by atoms with E-state index in [1.165, 1.54) is 5.56 Å². The van der Waals surface area contributed by atoms with Gasteiger partial charge in [0.05, 0.1) is 26.5 Å². The predicted molar refractivity (Wildman–Crippen MR) is 115 cm³/mol. The molecule has 3 aromatic rings. The van der Waals surface area contributed by atoms with Crippen molar-refractivity contribution in [2.75, 3.05) is 32.2 Å². The molecule has 0 N–H and O–H groups in total. The zero-order valence-corrected chi connectivity index (χ0v) is 16.3. The van der Waals surface area contributed by atoms with E-state index in [1.54, 1.807) is 14.2 Å². The van der Waals surface area contributed by atoms with Gasteiger partial charge in [0.15, 0.2) is 11.5 Å². The summed E-state index contributed by atoms with van der Waals surface area (Å²) in [5, 5.41) is 0. The van der Waals surface area contributed by atoms with E-state index in [4.69, 9.17) is 14.5 Å². The first kappa shape index (κ1) is 18.1. The summed E-state index contributed by atoms with van der Waals surface area (Å²) >= 11 is 0. The highest BCUT2D eigenvalue weighted by atomic mass is 16.5. The summed E-state index contributed by atoms with van der Waals surface area (Å²) in [6.07, 6.45) is 0.913. The van der Waals surface area contributed by atoms with E-state index in [2.05, 4.69) is 65.6 Å². The molecule has 4 heteroatoms. The van der Waals surface area contributed by atoms with Crippen molar-refractivity contribution in [3.05, 3.63) is 83.9 Å². The number of ether oxygens (including phenoxy) is 2. The second-order valence-electron chi connectivity index (χ2n) is 6.70. The Balaban J connectivity index is 1.73. The molecule has 0 spiro atoms. The van der Waals surface area contributed by atoms with E-state index >= 15 is 0 Å². The number of aliphatic imine (C=N–C) groups is 1. The lowest BCUT2D eigenvalue weighted by Gasteiger charge is -2.28. The van der Waals surface area contributed by atoms with Crippen LogP contribution in [0.25, 0.3) is 0 Å². The topological polar surface area (TPSA) is 34.1 Å². The molecule has 1 aliphatic rings. The van der Waals surface area contributed by atoms with Crippen molar-refractivity contribution in [3.8, 4) is 11.5 Å². The Morgan fingerprint density at radius 3 is 1.96 bits per heavy atom. The lowest BCUT2D eigenvalue weighted by atomic mass is 9.96. The summed E-state index contributed by atoms with van der Waals surface area (Å²) < 4.78 is 11.0. The highest BCUT2D eigenvalue weighted by Crippen LogP contribution is 2.33. The average Bonchev–Trinajstić information content (AvgIpc) is 2.77. The Morgan fingerprint density at radius 2 is 1.39 bits per heavy atom. The van der Waals surface area contributed by atoms with Gasteiger partial charge in [-0.15, -0.1) is 0 Å². The van der Waals surface area contributed by atoms with Crippen LogP contribution in [0.3, 0.4) is 0 Å². The number of hydrogen-bond acceptors (Lipinski definition) is 4. The lowest BCUT2D eigenvalue weighted by Crippen LogP contribution is -2.28. The third-order valence-corrected chi connectivity index (χ3v) is 5.05. The van der Waals surface area contributed by atoms with Crippen LogP contribution in [0.1, 0.15) is 11.1 Å². The molecule has 4 rings (SSSR count). The molecule has 4 nitrogen and oxygen atoms in total. The van der Waals surface area contributed by atoms with E-state index in [1.807, 2.05) is 12.1 Å². The van der Waals surface area contributed by atoms with Crippen molar-refractivity contribution in [2.45, 2.75) is 6.42 Å². The molecule has 0 bridgehead atoms. The van der Waals surface area contributed by atoms with Gasteiger partial charge in [0, 0.05) is 23.5 Å². The number of rotatable bonds is 6. The molecule has 0 saturated carbocycles. The number of methoxy groups -OCH3 is 2. The van der Waals surface area contributed by atoms with Crippen LogP contribution in [0.2, 0.25) is 0 Å². The molecule has 0 unspecified atom stereocenters. The largest absolute Gasteiger partial charge is 0.493 e. The summed E-state index contributed by atoms with van der Waals surface area (Å²) in [7, 11) is 3.35. The maximum atomic E-state index is 5.53. The first-order valence-corrected chi connectivity index (χ1v) is 9.46. The minimum Gasteiger partial charge on any atom is -0.493 e. The van der Waals surface area contributed by atoms with E-state index in [-0.39, 0.29) is 0 Å². The van der Waals surface area contributed by atoms with Crippen molar-refractivity contribution >= 4 is 17.1 Å². The highest BCUT2D eigenvalue weighted by Gasteiger charge is 2.21. The number of para-hydroxylation sites is 2. The van der Waals surface area contributed by atoms with Crippen molar-refractivity contribution in [1.82, 2.24) is 0 Å². The van der Waals surface area contributed by atoms with E-state index in [9.17, 15) is 0 Å². The number of hydrogen-bond donors (Lipinski definition) is 0. The molecule has 0 atom stereocenters. The van der Waals surface area contributed by atoms with Gasteiger partial charge in [0.2, 0.25) is 0 Å². The Labute approximate surface area is 166 Å². The molecule has 28 heavy (non-hydrogen) atoms. The molecule has 3 aromatic carbocycles. The van der Waals surface area contributed by atoms with Gasteiger partial charge < -0.3 is 14.4 Å². The summed E-state index contributed by atoms with van der Waals surface area (Å²) in [4.78, 5) is 7.17. The molecular weight excluding hydrogens is 348 g/mol. The number of nitrogens with zero attached hydrogens (tertiary/aromatic N) is 2. The number of anilines is 2. The van der Waals surface area contributed by atoms with Crippen molar-refractivity contribution in [2.24, 2.45) is 4.99 Å². The van der Waals surface area contributed by atoms with Gasteiger partial charge in [-0.2, -0.15) is 0 Å². The van der Waals surface area contributed by atoms with Crippen LogP contribution in [0.4, 0.5) is 11.4 Å². The first-order chi connectivity index (χ1) is 13.8. The van der Waals surface area contributed by atoms with E-state index < -0.39 is 0 Å². The number of benzene rings is 3. The lowest BCUT2D eigenvalue weighted by molar-refractivity contribution is 0.354. The predicted octanol–water partition coefficient (Wildman–Crippen LogP) is 4.89. The monoisotopic (exact) mass is 372 g/mol. The quantitative estimate of drug-likeness (QED) is 0.618. The Hall–Kier alpha value is -3.27. The van der Waals surface area contributed by atoms with Crippen molar-refractivity contribution < 1.29 is 9.47 Å². The molecule has 1 heterocycles. The van der Waals surface area contributed by atoms with Gasteiger partial charge in [-0.1, -0.05) is 36.4 Å². The fraction of sp³-hybridized carbons (Fsp3) is 0.208. The van der Waals surface area contributed by atoms with Gasteiger partial charge in [-0.05, 0) is 48.4 Å². The van der Waals surface area contributed by atoms with Gasteiger partial charge >= 0.3 is 0 Å². The highest BCUT2D eigenvalue weighted by molar-refractivity contribution is 6.06. The minimum absolute atomic E-state index is 0.691. The summed E-state index contributed by atoms with van der Waals surface area (Å²) in [5.41, 5.74) is 5.74. The summed E-state index contributed by atoms with van der Waals surface area (Å²) in [6.45, 7) is 1.48.